The number of carbonyl (C=O) groups is 1. The first kappa shape index (κ1) is 16.5. The second kappa shape index (κ2) is 6.77. The van der Waals surface area contributed by atoms with Crippen LogP contribution in [-0.2, 0) is 0 Å². The first-order valence-corrected chi connectivity index (χ1v) is 8.65. The van der Waals surface area contributed by atoms with Gasteiger partial charge in [-0.1, -0.05) is 23.7 Å². The van der Waals surface area contributed by atoms with E-state index in [9.17, 15) is 4.79 Å². The molecule has 0 spiro atoms. The van der Waals surface area contributed by atoms with Crippen LogP contribution >= 0.6 is 11.6 Å². The van der Waals surface area contributed by atoms with Gasteiger partial charge in [0.15, 0.2) is 5.76 Å². The van der Waals surface area contributed by atoms with Crippen LogP contribution < -0.4 is 15.0 Å². The van der Waals surface area contributed by atoms with E-state index in [-0.39, 0.29) is 5.91 Å². The number of benzene rings is 2. The zero-order chi connectivity index (χ0) is 18.1. The molecule has 3 aromatic rings. The summed E-state index contributed by atoms with van der Waals surface area (Å²) in [5, 5.41) is 3.37. The molecule has 1 N–H and O–H groups in total. The highest BCUT2D eigenvalue weighted by atomic mass is 35.5. The third kappa shape index (κ3) is 3.02. The molecule has 4 rings (SSSR count). The minimum Gasteiger partial charge on any atom is -0.490 e. The van der Waals surface area contributed by atoms with Crippen molar-refractivity contribution in [2.24, 2.45) is 0 Å². The first-order chi connectivity index (χ1) is 12.6. The lowest BCUT2D eigenvalue weighted by Crippen LogP contribution is -2.28. The average molecular weight is 369 g/mol. The molecular weight excluding hydrogens is 352 g/mol. The molecule has 0 aliphatic carbocycles. The summed E-state index contributed by atoms with van der Waals surface area (Å²) >= 11 is 6.51. The van der Waals surface area contributed by atoms with Crippen LogP contribution in [0.4, 0.5) is 17.1 Å². The summed E-state index contributed by atoms with van der Waals surface area (Å²) in [5.41, 5.74) is 3.24. The number of hydrogen-bond donors (Lipinski definition) is 1. The highest BCUT2D eigenvalue weighted by molar-refractivity contribution is 6.33. The van der Waals surface area contributed by atoms with E-state index >= 15 is 0 Å². The smallest absolute Gasteiger partial charge is 0.291 e. The lowest BCUT2D eigenvalue weighted by Gasteiger charge is -2.31. The minimum atomic E-state index is -0.298. The van der Waals surface area contributed by atoms with Crippen LogP contribution in [0.3, 0.4) is 0 Å². The Morgan fingerprint density at radius 3 is 2.77 bits per heavy atom. The summed E-state index contributed by atoms with van der Waals surface area (Å²) < 4.78 is 10.9. The topological polar surface area (TPSA) is 54.7 Å². The van der Waals surface area contributed by atoms with E-state index in [0.29, 0.717) is 29.6 Å². The lowest BCUT2D eigenvalue weighted by atomic mass is 10.2. The van der Waals surface area contributed by atoms with Crippen LogP contribution in [0, 0.1) is 6.92 Å². The predicted molar refractivity (Wildman–Crippen MR) is 102 cm³/mol. The van der Waals surface area contributed by atoms with Gasteiger partial charge in [-0.05, 0) is 43.3 Å². The molecule has 26 heavy (non-hydrogen) atoms. The maximum absolute atomic E-state index is 12.3. The highest BCUT2D eigenvalue weighted by Gasteiger charge is 2.21. The van der Waals surface area contributed by atoms with Crippen molar-refractivity contribution in [2.45, 2.75) is 6.92 Å². The number of rotatable bonds is 3. The monoisotopic (exact) mass is 368 g/mol. The van der Waals surface area contributed by atoms with Crippen LogP contribution in [0.15, 0.2) is 59.2 Å². The van der Waals surface area contributed by atoms with Gasteiger partial charge in [-0.15, -0.1) is 0 Å². The molecular formula is C20H17ClN2O3. The number of para-hydroxylation sites is 2. The summed E-state index contributed by atoms with van der Waals surface area (Å²) in [7, 11) is 0. The van der Waals surface area contributed by atoms with Crippen molar-refractivity contribution >= 4 is 34.6 Å². The van der Waals surface area contributed by atoms with Crippen LogP contribution in [-0.4, -0.2) is 19.1 Å². The van der Waals surface area contributed by atoms with E-state index in [1.165, 1.54) is 6.26 Å². The predicted octanol–water partition coefficient (Wildman–Crippen LogP) is 5.02. The van der Waals surface area contributed by atoms with E-state index in [0.717, 1.165) is 22.7 Å². The Kier molecular flexibility index (Phi) is 4.31. The van der Waals surface area contributed by atoms with Crippen molar-refractivity contribution in [3.63, 3.8) is 0 Å². The Balaban J connectivity index is 1.59. The Labute approximate surface area is 156 Å². The Morgan fingerprint density at radius 1 is 1.15 bits per heavy atom. The molecule has 0 saturated heterocycles. The molecule has 1 aromatic heterocycles. The summed E-state index contributed by atoms with van der Waals surface area (Å²) in [5.74, 6) is 0.834. The number of ether oxygens (including phenoxy) is 1. The van der Waals surface area contributed by atoms with Crippen molar-refractivity contribution in [1.82, 2.24) is 0 Å². The fraction of sp³-hybridized carbons (Fsp3) is 0.150. The molecule has 0 unspecified atom stereocenters. The Bertz CT molecular complexity index is 967. The second-order valence-corrected chi connectivity index (χ2v) is 6.43. The van der Waals surface area contributed by atoms with Crippen LogP contribution in [0.2, 0.25) is 5.02 Å². The second-order valence-electron chi connectivity index (χ2n) is 6.02. The molecule has 0 atom stereocenters. The van der Waals surface area contributed by atoms with Crippen LogP contribution in [0.1, 0.15) is 16.1 Å². The number of hydrogen-bond acceptors (Lipinski definition) is 4. The fourth-order valence-electron chi connectivity index (χ4n) is 3.02. The molecule has 1 aliphatic rings. The van der Waals surface area contributed by atoms with Gasteiger partial charge < -0.3 is 19.4 Å². The minimum absolute atomic E-state index is 0.298. The van der Waals surface area contributed by atoms with E-state index in [4.69, 9.17) is 20.8 Å². The number of nitrogens with one attached hydrogen (secondary N) is 1. The number of furan rings is 1. The van der Waals surface area contributed by atoms with Gasteiger partial charge in [-0.2, -0.15) is 0 Å². The van der Waals surface area contributed by atoms with Crippen LogP contribution in [0.25, 0.3) is 0 Å². The lowest BCUT2D eigenvalue weighted by molar-refractivity contribution is 0.0996. The van der Waals surface area contributed by atoms with Gasteiger partial charge >= 0.3 is 0 Å². The fourth-order valence-corrected chi connectivity index (χ4v) is 3.30. The van der Waals surface area contributed by atoms with Crippen molar-refractivity contribution < 1.29 is 13.9 Å². The van der Waals surface area contributed by atoms with Crippen molar-refractivity contribution in [1.29, 1.82) is 0 Å². The SMILES string of the molecule is Cc1ccoc1C(=O)Nc1ccc(N2CCOc3ccccc32)c(Cl)c1. The van der Waals surface area contributed by atoms with Crippen LogP contribution in [0.5, 0.6) is 5.75 Å². The summed E-state index contributed by atoms with van der Waals surface area (Å²) in [6.07, 6.45) is 1.50. The molecule has 1 amide bonds. The number of carbonyl (C=O) groups excluding carboxylic acids is 1. The molecule has 2 heterocycles. The number of fused-ring (bicyclic) bond motifs is 1. The average Bonchev–Trinajstić information content (AvgIpc) is 3.08. The van der Waals surface area contributed by atoms with E-state index in [2.05, 4.69) is 10.2 Å². The largest absolute Gasteiger partial charge is 0.490 e. The molecule has 1 aliphatic heterocycles. The maximum atomic E-state index is 12.3. The molecule has 0 bridgehead atoms. The normalized spacial score (nSPS) is 13.1. The summed E-state index contributed by atoms with van der Waals surface area (Å²) in [6.45, 7) is 3.11. The standard InChI is InChI=1S/C20H17ClN2O3/c1-13-8-10-26-19(13)20(24)22-14-6-7-16(15(21)12-14)23-9-11-25-18-5-3-2-4-17(18)23/h2-8,10,12H,9,11H2,1H3,(H,22,24). The summed E-state index contributed by atoms with van der Waals surface area (Å²) in [6, 6.07) is 15.1. The maximum Gasteiger partial charge on any atom is 0.291 e. The molecule has 5 nitrogen and oxygen atoms in total. The number of halogens is 1. The zero-order valence-electron chi connectivity index (χ0n) is 14.2. The van der Waals surface area contributed by atoms with Crippen molar-refractivity contribution in [2.75, 3.05) is 23.4 Å². The van der Waals surface area contributed by atoms with Gasteiger partial charge in [0, 0.05) is 11.3 Å². The Morgan fingerprint density at radius 2 is 2.00 bits per heavy atom. The third-order valence-electron chi connectivity index (χ3n) is 4.29. The quantitative estimate of drug-likeness (QED) is 0.704. The molecule has 0 saturated carbocycles. The van der Waals surface area contributed by atoms with Gasteiger partial charge in [-0.3, -0.25) is 4.79 Å². The molecule has 0 radical (unpaired) electrons. The number of aryl methyl sites for hydroxylation is 1. The third-order valence-corrected chi connectivity index (χ3v) is 4.60. The number of anilines is 3. The van der Waals surface area contributed by atoms with E-state index in [1.807, 2.05) is 43.3 Å². The van der Waals surface area contributed by atoms with E-state index < -0.39 is 0 Å². The van der Waals surface area contributed by atoms with Gasteiger partial charge in [0.1, 0.15) is 12.4 Å². The number of nitrogens with zero attached hydrogens (tertiary/aromatic N) is 1. The first-order valence-electron chi connectivity index (χ1n) is 8.28. The molecule has 6 heteroatoms. The van der Waals surface area contributed by atoms with Gasteiger partial charge in [0.2, 0.25) is 0 Å². The molecule has 0 fully saturated rings. The van der Waals surface area contributed by atoms with E-state index in [1.54, 1.807) is 12.1 Å². The highest BCUT2D eigenvalue weighted by Crippen LogP contribution is 2.40. The number of amides is 1. The zero-order valence-corrected chi connectivity index (χ0v) is 14.9. The van der Waals surface area contributed by atoms with Crippen molar-refractivity contribution in [3.05, 3.63) is 71.1 Å². The van der Waals surface area contributed by atoms with Gasteiger partial charge in [-0.25, -0.2) is 0 Å². The summed E-state index contributed by atoms with van der Waals surface area (Å²) in [4.78, 5) is 14.4. The Hall–Kier alpha value is -2.92. The molecule has 132 valence electrons. The van der Waals surface area contributed by atoms with Gasteiger partial charge in [0.25, 0.3) is 5.91 Å². The van der Waals surface area contributed by atoms with Crippen molar-refractivity contribution in [3.8, 4) is 5.75 Å². The van der Waals surface area contributed by atoms with Gasteiger partial charge in [0.05, 0.1) is 29.2 Å². The molecule has 2 aromatic carbocycles.